The lowest BCUT2D eigenvalue weighted by Gasteiger charge is -2.23. The number of hydrogen-bond donors (Lipinski definition) is 1. The first kappa shape index (κ1) is 21.0. The summed E-state index contributed by atoms with van der Waals surface area (Å²) in [5.41, 5.74) is 1.12. The molecule has 1 aliphatic rings. The van der Waals surface area contributed by atoms with Crippen LogP contribution in [0.5, 0.6) is 5.75 Å². The van der Waals surface area contributed by atoms with Gasteiger partial charge >= 0.3 is 6.18 Å². The van der Waals surface area contributed by atoms with Crippen molar-refractivity contribution in [1.82, 2.24) is 0 Å². The fraction of sp³-hybridized carbons (Fsp3) is 0.409. The van der Waals surface area contributed by atoms with Gasteiger partial charge in [-0.1, -0.05) is 26.0 Å². The van der Waals surface area contributed by atoms with Crippen molar-refractivity contribution in [3.05, 3.63) is 53.6 Å². The highest BCUT2D eigenvalue weighted by Crippen LogP contribution is 2.36. The van der Waals surface area contributed by atoms with Gasteiger partial charge in [0, 0.05) is 13.1 Å². The van der Waals surface area contributed by atoms with Gasteiger partial charge in [0.25, 0.3) is 5.91 Å². The molecule has 7 heteroatoms. The van der Waals surface area contributed by atoms with Crippen LogP contribution in [0.4, 0.5) is 24.5 Å². The lowest BCUT2D eigenvalue weighted by Crippen LogP contribution is -2.24. The molecule has 2 aromatic carbocycles. The molecule has 1 heterocycles. The van der Waals surface area contributed by atoms with E-state index < -0.39 is 17.6 Å². The highest BCUT2D eigenvalue weighted by molar-refractivity contribution is 5.95. The molecule has 0 unspecified atom stereocenters. The van der Waals surface area contributed by atoms with Gasteiger partial charge in [-0.05, 0) is 54.7 Å². The van der Waals surface area contributed by atoms with Crippen LogP contribution < -0.4 is 15.0 Å². The smallest absolute Gasteiger partial charge is 0.416 e. The molecule has 0 aliphatic carbocycles. The number of nitrogens with zero attached hydrogens (tertiary/aromatic N) is 1. The molecule has 4 nitrogen and oxygen atoms in total. The van der Waals surface area contributed by atoms with Crippen LogP contribution in [0.25, 0.3) is 0 Å². The zero-order valence-electron chi connectivity index (χ0n) is 16.6. The van der Waals surface area contributed by atoms with E-state index in [2.05, 4.69) is 19.2 Å². The van der Waals surface area contributed by atoms with Crippen LogP contribution in [0, 0.1) is 0 Å². The SMILES string of the molecule is CC(C)c1ccc(OCC(=O)Nc2cc(C(F)(F)F)ccc2N2CCCC2)cc1. The first-order chi connectivity index (χ1) is 13.7. The van der Waals surface area contributed by atoms with E-state index in [-0.39, 0.29) is 12.3 Å². The molecule has 1 N–H and O–H groups in total. The summed E-state index contributed by atoms with van der Waals surface area (Å²) in [5, 5.41) is 2.59. The average Bonchev–Trinajstić information content (AvgIpc) is 3.20. The van der Waals surface area contributed by atoms with E-state index in [1.807, 2.05) is 17.0 Å². The molecule has 0 saturated carbocycles. The Bertz CT molecular complexity index is 842. The minimum Gasteiger partial charge on any atom is -0.484 e. The molecule has 0 radical (unpaired) electrons. The lowest BCUT2D eigenvalue weighted by molar-refractivity contribution is -0.137. The molecule has 1 saturated heterocycles. The summed E-state index contributed by atoms with van der Waals surface area (Å²) in [6, 6.07) is 10.9. The second-order valence-electron chi connectivity index (χ2n) is 7.48. The fourth-order valence-electron chi connectivity index (χ4n) is 3.33. The maximum atomic E-state index is 13.1. The van der Waals surface area contributed by atoms with E-state index in [9.17, 15) is 18.0 Å². The molecule has 2 aromatic rings. The van der Waals surface area contributed by atoms with Gasteiger partial charge in [-0.3, -0.25) is 4.79 Å². The van der Waals surface area contributed by atoms with Crippen molar-refractivity contribution in [2.75, 3.05) is 29.9 Å². The quantitative estimate of drug-likeness (QED) is 0.694. The number of carbonyl (C=O) groups is 1. The Morgan fingerprint density at radius 2 is 1.76 bits per heavy atom. The van der Waals surface area contributed by atoms with Crippen molar-refractivity contribution in [2.24, 2.45) is 0 Å². The normalized spacial score (nSPS) is 14.3. The van der Waals surface area contributed by atoms with Crippen LogP contribution in [-0.2, 0) is 11.0 Å². The Hall–Kier alpha value is -2.70. The Balaban J connectivity index is 1.70. The van der Waals surface area contributed by atoms with E-state index in [1.165, 1.54) is 6.07 Å². The lowest BCUT2D eigenvalue weighted by atomic mass is 10.0. The van der Waals surface area contributed by atoms with Gasteiger partial charge in [0.05, 0.1) is 16.9 Å². The maximum Gasteiger partial charge on any atom is 0.416 e. The Morgan fingerprint density at radius 3 is 2.34 bits per heavy atom. The Kier molecular flexibility index (Phi) is 6.35. The van der Waals surface area contributed by atoms with Gasteiger partial charge in [-0.15, -0.1) is 0 Å². The number of rotatable bonds is 6. The number of halogens is 3. The number of carbonyl (C=O) groups excluding carboxylic acids is 1. The zero-order valence-corrected chi connectivity index (χ0v) is 16.6. The minimum atomic E-state index is -4.47. The third kappa shape index (κ3) is 5.43. The summed E-state index contributed by atoms with van der Waals surface area (Å²) in [7, 11) is 0. The number of hydrogen-bond acceptors (Lipinski definition) is 3. The van der Waals surface area contributed by atoms with Crippen molar-refractivity contribution in [3.8, 4) is 5.75 Å². The van der Waals surface area contributed by atoms with Crippen LogP contribution in [-0.4, -0.2) is 25.6 Å². The second kappa shape index (κ2) is 8.76. The van der Waals surface area contributed by atoms with Crippen molar-refractivity contribution >= 4 is 17.3 Å². The molecular formula is C22H25F3N2O2. The summed E-state index contributed by atoms with van der Waals surface area (Å²) in [5.74, 6) is 0.420. The third-order valence-electron chi connectivity index (χ3n) is 4.96. The predicted octanol–water partition coefficient (Wildman–Crippen LogP) is 5.45. The van der Waals surface area contributed by atoms with Crippen molar-refractivity contribution < 1.29 is 22.7 Å². The number of anilines is 2. The number of nitrogens with one attached hydrogen (secondary N) is 1. The van der Waals surface area contributed by atoms with Gasteiger partial charge in [0.2, 0.25) is 0 Å². The molecule has 1 aliphatic heterocycles. The van der Waals surface area contributed by atoms with E-state index in [1.54, 1.807) is 12.1 Å². The Labute approximate surface area is 168 Å². The van der Waals surface area contributed by atoms with E-state index in [0.29, 0.717) is 17.4 Å². The molecule has 0 aromatic heterocycles. The summed E-state index contributed by atoms with van der Waals surface area (Å²) in [6.45, 7) is 5.39. The van der Waals surface area contributed by atoms with Crippen LogP contribution in [0.1, 0.15) is 43.7 Å². The third-order valence-corrected chi connectivity index (χ3v) is 4.96. The molecular weight excluding hydrogens is 381 g/mol. The van der Waals surface area contributed by atoms with E-state index in [4.69, 9.17) is 4.74 Å². The number of amides is 1. The van der Waals surface area contributed by atoms with Crippen LogP contribution in [0.3, 0.4) is 0 Å². The largest absolute Gasteiger partial charge is 0.484 e. The Morgan fingerprint density at radius 1 is 1.10 bits per heavy atom. The van der Waals surface area contributed by atoms with E-state index in [0.717, 1.165) is 43.6 Å². The summed E-state index contributed by atoms with van der Waals surface area (Å²) in [4.78, 5) is 14.3. The standard InChI is InChI=1S/C22H25F3N2O2/c1-15(2)16-5-8-18(9-6-16)29-14-21(28)26-19-13-17(22(23,24)25)7-10-20(19)27-11-3-4-12-27/h5-10,13,15H,3-4,11-12,14H2,1-2H3,(H,26,28). The van der Waals surface area contributed by atoms with Crippen molar-refractivity contribution in [1.29, 1.82) is 0 Å². The number of ether oxygens (including phenoxy) is 1. The van der Waals surface area contributed by atoms with Gasteiger partial charge in [0.15, 0.2) is 6.61 Å². The van der Waals surface area contributed by atoms with E-state index >= 15 is 0 Å². The first-order valence-corrected chi connectivity index (χ1v) is 9.73. The molecule has 1 fully saturated rings. The monoisotopic (exact) mass is 406 g/mol. The molecule has 156 valence electrons. The second-order valence-corrected chi connectivity index (χ2v) is 7.48. The van der Waals surface area contributed by atoms with Crippen molar-refractivity contribution in [2.45, 2.75) is 38.8 Å². The van der Waals surface area contributed by atoms with Crippen LogP contribution in [0.15, 0.2) is 42.5 Å². The molecule has 1 amide bonds. The average molecular weight is 406 g/mol. The van der Waals surface area contributed by atoms with Gasteiger partial charge in [-0.25, -0.2) is 0 Å². The van der Waals surface area contributed by atoms with Gasteiger partial charge in [-0.2, -0.15) is 13.2 Å². The molecule has 29 heavy (non-hydrogen) atoms. The van der Waals surface area contributed by atoms with Crippen LogP contribution >= 0.6 is 0 Å². The summed E-state index contributed by atoms with van der Waals surface area (Å²) in [6.07, 6.45) is -2.52. The predicted molar refractivity (Wildman–Crippen MR) is 108 cm³/mol. The summed E-state index contributed by atoms with van der Waals surface area (Å²) < 4.78 is 44.9. The van der Waals surface area contributed by atoms with Crippen LogP contribution in [0.2, 0.25) is 0 Å². The van der Waals surface area contributed by atoms with Gasteiger partial charge < -0.3 is 15.0 Å². The van der Waals surface area contributed by atoms with Gasteiger partial charge in [0.1, 0.15) is 5.75 Å². The minimum absolute atomic E-state index is 0.158. The maximum absolute atomic E-state index is 13.1. The molecule has 0 spiro atoms. The topological polar surface area (TPSA) is 41.6 Å². The molecule has 0 atom stereocenters. The highest BCUT2D eigenvalue weighted by atomic mass is 19.4. The molecule has 0 bridgehead atoms. The first-order valence-electron chi connectivity index (χ1n) is 9.73. The fourth-order valence-corrected chi connectivity index (χ4v) is 3.33. The molecule has 3 rings (SSSR count). The zero-order chi connectivity index (χ0) is 21.0. The van der Waals surface area contributed by atoms with Crippen molar-refractivity contribution in [3.63, 3.8) is 0 Å². The highest BCUT2D eigenvalue weighted by Gasteiger charge is 2.32. The summed E-state index contributed by atoms with van der Waals surface area (Å²) >= 11 is 0. The number of benzene rings is 2. The number of alkyl halides is 3.